The van der Waals surface area contributed by atoms with Crippen LogP contribution in [-0.2, 0) is 4.79 Å². The van der Waals surface area contributed by atoms with E-state index in [9.17, 15) is 9.90 Å². The predicted molar refractivity (Wildman–Crippen MR) is 107 cm³/mol. The van der Waals surface area contributed by atoms with Crippen molar-refractivity contribution < 1.29 is 24.1 Å². The van der Waals surface area contributed by atoms with Crippen LogP contribution in [0.2, 0.25) is 0 Å². The second-order valence-corrected chi connectivity index (χ2v) is 6.56. The Hall–Kier alpha value is -2.93. The number of hydrogen-bond donors (Lipinski definition) is 1. The highest BCUT2D eigenvalue weighted by Crippen LogP contribution is 2.41. The Bertz CT molecular complexity index is 779. The van der Waals surface area contributed by atoms with Crippen LogP contribution in [-0.4, -0.2) is 63.5 Å². The fraction of sp³-hybridized carbons (Fsp3) is 0.381. The Morgan fingerprint density at radius 3 is 1.96 bits per heavy atom. The van der Waals surface area contributed by atoms with Gasteiger partial charge in [0, 0.05) is 31.9 Å². The first kappa shape index (κ1) is 19.8. The summed E-state index contributed by atoms with van der Waals surface area (Å²) in [6, 6.07) is 12.8. The zero-order valence-electron chi connectivity index (χ0n) is 16.4. The van der Waals surface area contributed by atoms with Gasteiger partial charge < -0.3 is 24.2 Å². The van der Waals surface area contributed by atoms with E-state index in [0.717, 1.165) is 18.8 Å². The third-order valence-electron chi connectivity index (χ3n) is 5.04. The third-order valence-corrected chi connectivity index (χ3v) is 5.04. The largest absolute Gasteiger partial charge is 0.493 e. The summed E-state index contributed by atoms with van der Waals surface area (Å²) in [7, 11) is 4.57. The number of methoxy groups -OCH3 is 3. The molecule has 1 saturated heterocycles. The van der Waals surface area contributed by atoms with Crippen molar-refractivity contribution in [1.82, 2.24) is 4.90 Å². The topological polar surface area (TPSA) is 71.5 Å². The maximum atomic E-state index is 12.1. The molecule has 1 heterocycles. The van der Waals surface area contributed by atoms with E-state index in [1.165, 1.54) is 21.3 Å². The molecule has 1 fully saturated rings. The molecule has 28 heavy (non-hydrogen) atoms. The first-order valence-corrected chi connectivity index (χ1v) is 9.15. The van der Waals surface area contributed by atoms with Gasteiger partial charge in [-0.25, -0.2) is 0 Å². The zero-order chi connectivity index (χ0) is 20.1. The zero-order valence-corrected chi connectivity index (χ0v) is 16.4. The fourth-order valence-electron chi connectivity index (χ4n) is 3.65. The maximum Gasteiger partial charge on any atom is 0.325 e. The molecule has 1 atom stereocenters. The van der Waals surface area contributed by atoms with Gasteiger partial charge >= 0.3 is 5.97 Å². The molecule has 1 N–H and O–H groups in total. The van der Waals surface area contributed by atoms with E-state index in [2.05, 4.69) is 17.0 Å². The van der Waals surface area contributed by atoms with Crippen molar-refractivity contribution in [1.29, 1.82) is 0 Å². The molecule has 0 saturated carbocycles. The van der Waals surface area contributed by atoms with Crippen LogP contribution in [0.3, 0.4) is 0 Å². The summed E-state index contributed by atoms with van der Waals surface area (Å²) in [4.78, 5) is 16.4. The molecule has 1 aliphatic heterocycles. The highest BCUT2D eigenvalue weighted by Gasteiger charge is 2.32. The molecule has 2 aromatic rings. The van der Waals surface area contributed by atoms with Gasteiger partial charge in [-0.3, -0.25) is 9.69 Å². The lowest BCUT2D eigenvalue weighted by Crippen LogP contribution is -2.49. The summed E-state index contributed by atoms with van der Waals surface area (Å²) in [5.74, 6) is 0.450. The molecule has 1 aliphatic rings. The fourth-order valence-corrected chi connectivity index (χ4v) is 3.65. The summed E-state index contributed by atoms with van der Waals surface area (Å²) in [5, 5.41) is 9.95. The Kier molecular flexibility index (Phi) is 6.26. The number of anilines is 1. The number of nitrogens with zero attached hydrogens (tertiary/aromatic N) is 2. The van der Waals surface area contributed by atoms with Crippen LogP contribution < -0.4 is 19.1 Å². The van der Waals surface area contributed by atoms with Gasteiger partial charge in [0.05, 0.1) is 21.3 Å². The van der Waals surface area contributed by atoms with Crippen molar-refractivity contribution >= 4 is 11.7 Å². The number of benzene rings is 2. The molecule has 150 valence electrons. The average Bonchev–Trinajstić information content (AvgIpc) is 2.74. The van der Waals surface area contributed by atoms with Crippen LogP contribution in [0.1, 0.15) is 11.6 Å². The molecule has 0 radical (unpaired) electrons. The number of carbonyl (C=O) groups is 1. The minimum absolute atomic E-state index is 0.450. The number of carboxylic acids is 1. The highest BCUT2D eigenvalue weighted by atomic mass is 16.5. The van der Waals surface area contributed by atoms with Gasteiger partial charge in [0.15, 0.2) is 11.5 Å². The van der Waals surface area contributed by atoms with Crippen LogP contribution in [0.5, 0.6) is 17.2 Å². The Balaban J connectivity index is 1.84. The number of para-hydroxylation sites is 1. The number of carboxylic acid groups (broad SMARTS) is 1. The van der Waals surface area contributed by atoms with Gasteiger partial charge in [-0.2, -0.15) is 0 Å². The molecule has 0 aromatic heterocycles. The molecule has 3 rings (SSSR count). The molecule has 0 bridgehead atoms. The quantitative estimate of drug-likeness (QED) is 0.784. The van der Waals surface area contributed by atoms with Crippen molar-refractivity contribution in [3.8, 4) is 17.2 Å². The summed E-state index contributed by atoms with van der Waals surface area (Å²) >= 11 is 0. The van der Waals surface area contributed by atoms with Gasteiger partial charge in [0.25, 0.3) is 0 Å². The molecule has 0 spiro atoms. The van der Waals surface area contributed by atoms with Gasteiger partial charge in [-0.1, -0.05) is 18.2 Å². The number of aliphatic carboxylic acids is 1. The molecule has 7 heteroatoms. The molecule has 2 aromatic carbocycles. The lowest BCUT2D eigenvalue weighted by atomic mass is 10.0. The van der Waals surface area contributed by atoms with Crippen molar-refractivity contribution in [2.45, 2.75) is 6.04 Å². The van der Waals surface area contributed by atoms with Crippen molar-refractivity contribution in [3.05, 3.63) is 48.0 Å². The lowest BCUT2D eigenvalue weighted by Gasteiger charge is -2.39. The van der Waals surface area contributed by atoms with E-state index < -0.39 is 12.0 Å². The van der Waals surface area contributed by atoms with E-state index in [4.69, 9.17) is 14.2 Å². The molecular weight excluding hydrogens is 360 g/mol. The van der Waals surface area contributed by atoms with E-state index in [1.807, 2.05) is 23.1 Å². The van der Waals surface area contributed by atoms with Crippen LogP contribution in [0.25, 0.3) is 0 Å². The first-order chi connectivity index (χ1) is 13.6. The number of rotatable bonds is 7. The summed E-state index contributed by atoms with van der Waals surface area (Å²) in [6.45, 7) is 2.81. The van der Waals surface area contributed by atoms with Gasteiger partial charge in [-0.15, -0.1) is 0 Å². The molecule has 7 nitrogen and oxygen atoms in total. The second kappa shape index (κ2) is 8.84. The highest BCUT2D eigenvalue weighted by molar-refractivity contribution is 5.76. The minimum Gasteiger partial charge on any atom is -0.493 e. The minimum atomic E-state index is -0.901. The molecule has 0 aliphatic carbocycles. The Morgan fingerprint density at radius 2 is 1.50 bits per heavy atom. The second-order valence-electron chi connectivity index (χ2n) is 6.56. The first-order valence-electron chi connectivity index (χ1n) is 9.15. The average molecular weight is 386 g/mol. The van der Waals surface area contributed by atoms with E-state index in [-0.39, 0.29) is 0 Å². The maximum absolute atomic E-state index is 12.1. The molecule has 0 unspecified atom stereocenters. The third kappa shape index (κ3) is 3.99. The van der Waals surface area contributed by atoms with Crippen LogP contribution in [0, 0.1) is 0 Å². The van der Waals surface area contributed by atoms with Gasteiger partial charge in [-0.05, 0) is 29.8 Å². The summed E-state index contributed by atoms with van der Waals surface area (Å²) in [6.07, 6.45) is 0. The Labute approximate surface area is 165 Å². The molecular formula is C21H26N2O5. The van der Waals surface area contributed by atoms with E-state index >= 15 is 0 Å². The van der Waals surface area contributed by atoms with E-state index in [0.29, 0.717) is 35.9 Å². The molecule has 0 amide bonds. The summed E-state index contributed by atoms with van der Waals surface area (Å²) in [5.41, 5.74) is 1.76. The van der Waals surface area contributed by atoms with Crippen LogP contribution in [0.4, 0.5) is 5.69 Å². The van der Waals surface area contributed by atoms with Gasteiger partial charge in [0.1, 0.15) is 6.04 Å². The lowest BCUT2D eigenvalue weighted by molar-refractivity contribution is -0.143. The van der Waals surface area contributed by atoms with Crippen molar-refractivity contribution in [2.24, 2.45) is 0 Å². The summed E-state index contributed by atoms with van der Waals surface area (Å²) < 4.78 is 16.1. The van der Waals surface area contributed by atoms with Crippen LogP contribution in [0.15, 0.2) is 42.5 Å². The van der Waals surface area contributed by atoms with E-state index in [1.54, 1.807) is 12.1 Å². The normalized spacial score (nSPS) is 15.8. The SMILES string of the molecule is COc1cc([C@H](C(=O)O)N2CCN(c3ccccc3)CC2)cc(OC)c1OC. The number of hydrogen-bond acceptors (Lipinski definition) is 6. The monoisotopic (exact) mass is 386 g/mol. The number of ether oxygens (including phenoxy) is 3. The Morgan fingerprint density at radius 1 is 0.929 bits per heavy atom. The smallest absolute Gasteiger partial charge is 0.325 e. The van der Waals surface area contributed by atoms with Gasteiger partial charge in [0.2, 0.25) is 5.75 Å². The predicted octanol–water partition coefficient (Wildman–Crippen LogP) is 2.66. The van der Waals surface area contributed by atoms with Crippen molar-refractivity contribution in [2.75, 3.05) is 52.4 Å². The van der Waals surface area contributed by atoms with Crippen LogP contribution >= 0.6 is 0 Å². The van der Waals surface area contributed by atoms with Crippen molar-refractivity contribution in [3.63, 3.8) is 0 Å². The number of piperazine rings is 1. The standard InChI is InChI=1S/C21H26N2O5/c1-26-17-13-15(14-18(27-2)20(17)28-3)19(21(24)25)23-11-9-22(10-12-23)16-7-5-4-6-8-16/h4-8,13-14,19H,9-12H2,1-3H3,(H,24,25)/t19-/m1/s1.